The Bertz CT molecular complexity index is 354. The molecular weight excluding hydrogens is 208 g/mol. The van der Waals surface area contributed by atoms with Crippen LogP contribution in [0.15, 0.2) is 12.3 Å². The van der Waals surface area contributed by atoms with Crippen LogP contribution in [0.1, 0.15) is 18.6 Å². The lowest BCUT2D eigenvalue weighted by atomic mass is 10.1. The molecule has 1 unspecified atom stereocenters. The predicted molar refractivity (Wildman–Crippen MR) is 50.1 cm³/mol. The molecule has 6 heteroatoms. The molecular formula is C8H9ClN2O3. The van der Waals surface area contributed by atoms with Gasteiger partial charge in [0, 0.05) is 11.8 Å². The number of amides is 1. The largest absolute Gasteiger partial charge is 0.410 e. The van der Waals surface area contributed by atoms with Gasteiger partial charge in [0.1, 0.15) is 0 Å². The SMILES string of the molecule is CC(O)c1ccnc(Cl)c1OC(N)=O. The van der Waals surface area contributed by atoms with Gasteiger partial charge in [-0.25, -0.2) is 9.78 Å². The van der Waals surface area contributed by atoms with E-state index >= 15 is 0 Å². The molecule has 0 aliphatic rings. The number of ether oxygens (including phenoxy) is 1. The Morgan fingerprint density at radius 3 is 2.93 bits per heavy atom. The zero-order valence-corrected chi connectivity index (χ0v) is 8.15. The Morgan fingerprint density at radius 1 is 1.79 bits per heavy atom. The Hall–Kier alpha value is -1.33. The normalized spacial score (nSPS) is 12.2. The van der Waals surface area contributed by atoms with Crippen molar-refractivity contribution in [2.75, 3.05) is 0 Å². The van der Waals surface area contributed by atoms with Gasteiger partial charge >= 0.3 is 6.09 Å². The number of aliphatic hydroxyl groups excluding tert-OH is 1. The van der Waals surface area contributed by atoms with Crippen molar-refractivity contribution < 1.29 is 14.6 Å². The van der Waals surface area contributed by atoms with Crippen molar-refractivity contribution in [1.82, 2.24) is 4.98 Å². The maximum atomic E-state index is 10.5. The minimum absolute atomic E-state index is 0.00309. The van der Waals surface area contributed by atoms with Crippen molar-refractivity contribution in [2.24, 2.45) is 5.73 Å². The van der Waals surface area contributed by atoms with Crippen LogP contribution in [0.5, 0.6) is 5.75 Å². The lowest BCUT2D eigenvalue weighted by Crippen LogP contribution is -2.18. The summed E-state index contributed by atoms with van der Waals surface area (Å²) in [6, 6.07) is 1.49. The standard InChI is InChI=1S/C8H9ClN2O3/c1-4(12)5-2-3-11-7(9)6(5)14-8(10)13/h2-4,12H,1H3,(H2,10,13). The summed E-state index contributed by atoms with van der Waals surface area (Å²) < 4.78 is 4.62. The van der Waals surface area contributed by atoms with Gasteiger partial charge in [0.15, 0.2) is 10.9 Å². The number of carbonyl (C=O) groups is 1. The number of rotatable bonds is 2. The van der Waals surface area contributed by atoms with Gasteiger partial charge < -0.3 is 15.6 Å². The van der Waals surface area contributed by atoms with Gasteiger partial charge in [-0.1, -0.05) is 11.6 Å². The molecule has 1 heterocycles. The van der Waals surface area contributed by atoms with E-state index in [4.69, 9.17) is 17.3 Å². The molecule has 76 valence electrons. The monoisotopic (exact) mass is 216 g/mol. The highest BCUT2D eigenvalue weighted by molar-refractivity contribution is 6.31. The van der Waals surface area contributed by atoms with Crippen LogP contribution < -0.4 is 10.5 Å². The molecule has 0 aliphatic carbocycles. The second-order valence-electron chi connectivity index (χ2n) is 2.62. The van der Waals surface area contributed by atoms with Crippen molar-refractivity contribution in [1.29, 1.82) is 0 Å². The third-order valence-corrected chi connectivity index (χ3v) is 1.81. The van der Waals surface area contributed by atoms with E-state index in [1.54, 1.807) is 0 Å². The lowest BCUT2D eigenvalue weighted by molar-refractivity contribution is 0.188. The average molecular weight is 217 g/mol. The first-order valence-corrected chi connectivity index (χ1v) is 4.20. The first kappa shape index (κ1) is 10.7. The van der Waals surface area contributed by atoms with Gasteiger partial charge in [-0.15, -0.1) is 0 Å². The highest BCUT2D eigenvalue weighted by Crippen LogP contribution is 2.30. The maximum Gasteiger partial charge on any atom is 0.410 e. The first-order chi connectivity index (χ1) is 6.52. The molecule has 1 atom stereocenters. The zero-order valence-electron chi connectivity index (χ0n) is 7.40. The number of primary amides is 1. The summed E-state index contributed by atoms with van der Waals surface area (Å²) in [7, 11) is 0. The summed E-state index contributed by atoms with van der Waals surface area (Å²) in [5, 5.41) is 9.31. The Balaban J connectivity index is 3.15. The summed E-state index contributed by atoms with van der Waals surface area (Å²) in [4.78, 5) is 14.2. The molecule has 0 fully saturated rings. The molecule has 1 rings (SSSR count). The van der Waals surface area contributed by atoms with Crippen molar-refractivity contribution in [3.05, 3.63) is 23.0 Å². The summed E-state index contributed by atoms with van der Waals surface area (Å²) >= 11 is 5.66. The maximum absolute atomic E-state index is 10.5. The quantitative estimate of drug-likeness (QED) is 0.729. The first-order valence-electron chi connectivity index (χ1n) is 3.82. The smallest absolute Gasteiger partial charge is 0.407 e. The fourth-order valence-electron chi connectivity index (χ4n) is 0.967. The van der Waals surface area contributed by atoms with Crippen LogP contribution in [0.3, 0.4) is 0 Å². The van der Waals surface area contributed by atoms with E-state index in [0.29, 0.717) is 5.56 Å². The molecule has 5 nitrogen and oxygen atoms in total. The zero-order chi connectivity index (χ0) is 10.7. The summed E-state index contributed by atoms with van der Waals surface area (Å²) in [6.45, 7) is 1.51. The van der Waals surface area contributed by atoms with Crippen molar-refractivity contribution in [3.63, 3.8) is 0 Å². The number of carbonyl (C=O) groups excluding carboxylic acids is 1. The number of nitrogens with zero attached hydrogens (tertiary/aromatic N) is 1. The minimum atomic E-state index is -0.998. The number of pyridine rings is 1. The molecule has 3 N–H and O–H groups in total. The fourth-order valence-corrected chi connectivity index (χ4v) is 1.17. The van der Waals surface area contributed by atoms with Gasteiger partial charge in [0.05, 0.1) is 6.10 Å². The Kier molecular flexibility index (Phi) is 3.27. The van der Waals surface area contributed by atoms with E-state index in [9.17, 15) is 9.90 Å². The number of hydrogen-bond acceptors (Lipinski definition) is 4. The van der Waals surface area contributed by atoms with Gasteiger partial charge in [-0.05, 0) is 13.0 Å². The molecule has 0 bridgehead atoms. The van der Waals surface area contributed by atoms with E-state index in [1.807, 2.05) is 0 Å². The van der Waals surface area contributed by atoms with Crippen LogP contribution in [-0.4, -0.2) is 16.2 Å². The van der Waals surface area contributed by atoms with Crippen molar-refractivity contribution in [3.8, 4) is 5.75 Å². The lowest BCUT2D eigenvalue weighted by Gasteiger charge is -2.11. The van der Waals surface area contributed by atoms with Crippen LogP contribution in [-0.2, 0) is 0 Å². The van der Waals surface area contributed by atoms with Crippen LogP contribution in [0, 0.1) is 0 Å². The van der Waals surface area contributed by atoms with E-state index < -0.39 is 12.2 Å². The van der Waals surface area contributed by atoms with Gasteiger partial charge in [-0.3, -0.25) is 0 Å². The number of aliphatic hydroxyl groups is 1. The highest BCUT2D eigenvalue weighted by Gasteiger charge is 2.15. The van der Waals surface area contributed by atoms with E-state index in [1.165, 1.54) is 19.2 Å². The third-order valence-electron chi connectivity index (χ3n) is 1.54. The summed E-state index contributed by atoms with van der Waals surface area (Å²) in [5.74, 6) is -0.00309. The summed E-state index contributed by atoms with van der Waals surface area (Å²) in [6.07, 6.45) is -0.412. The van der Waals surface area contributed by atoms with Crippen LogP contribution in [0.4, 0.5) is 4.79 Å². The molecule has 0 saturated carbocycles. The highest BCUT2D eigenvalue weighted by atomic mass is 35.5. The van der Waals surface area contributed by atoms with E-state index in [2.05, 4.69) is 9.72 Å². The molecule has 0 saturated heterocycles. The molecule has 1 aromatic rings. The van der Waals surface area contributed by atoms with Crippen LogP contribution >= 0.6 is 11.6 Å². The Labute approximate surface area is 85.5 Å². The van der Waals surface area contributed by atoms with E-state index in [0.717, 1.165) is 0 Å². The molecule has 1 amide bonds. The van der Waals surface area contributed by atoms with Gasteiger partial charge in [0.2, 0.25) is 0 Å². The number of aromatic nitrogens is 1. The fraction of sp³-hybridized carbons (Fsp3) is 0.250. The molecule has 14 heavy (non-hydrogen) atoms. The number of halogens is 1. The molecule has 0 radical (unpaired) electrons. The minimum Gasteiger partial charge on any atom is -0.407 e. The van der Waals surface area contributed by atoms with Crippen LogP contribution in [0.2, 0.25) is 5.15 Å². The third kappa shape index (κ3) is 2.34. The predicted octanol–water partition coefficient (Wildman–Crippen LogP) is 1.25. The van der Waals surface area contributed by atoms with Crippen LogP contribution in [0.25, 0.3) is 0 Å². The number of nitrogens with two attached hydrogens (primary N) is 1. The second kappa shape index (κ2) is 4.26. The van der Waals surface area contributed by atoms with Gasteiger partial charge in [0.25, 0.3) is 0 Å². The topological polar surface area (TPSA) is 85.4 Å². The van der Waals surface area contributed by atoms with Crippen molar-refractivity contribution >= 4 is 17.7 Å². The number of hydrogen-bond donors (Lipinski definition) is 2. The molecule has 0 aliphatic heterocycles. The van der Waals surface area contributed by atoms with Crippen molar-refractivity contribution in [2.45, 2.75) is 13.0 Å². The Morgan fingerprint density at radius 2 is 2.43 bits per heavy atom. The molecule has 1 aromatic heterocycles. The summed E-state index contributed by atoms with van der Waals surface area (Å²) in [5.41, 5.74) is 5.20. The molecule has 0 spiro atoms. The second-order valence-corrected chi connectivity index (χ2v) is 2.98. The molecule has 0 aromatic carbocycles. The average Bonchev–Trinajstić information content (AvgIpc) is 2.07. The van der Waals surface area contributed by atoms with Gasteiger partial charge in [-0.2, -0.15) is 0 Å². The van der Waals surface area contributed by atoms with E-state index in [-0.39, 0.29) is 10.9 Å².